The molecule has 2 saturated heterocycles. The number of hydrogen-bond acceptors (Lipinski definition) is 6. The normalized spacial score (nSPS) is 27.5. The molecule has 0 aromatic carbocycles. The molecule has 1 aliphatic carbocycles. The van der Waals surface area contributed by atoms with E-state index in [4.69, 9.17) is 16.2 Å². The number of nitrogens with one attached hydrogen (secondary N) is 1. The molecule has 3 aliphatic rings. The number of primary amides is 2. The number of likely N-dealkylation sites (tertiary alicyclic amines) is 2. The van der Waals surface area contributed by atoms with E-state index in [-0.39, 0.29) is 29.7 Å². The molecule has 2 heterocycles. The third kappa shape index (κ3) is 4.77. The summed E-state index contributed by atoms with van der Waals surface area (Å²) in [6.45, 7) is 10.1. The average Bonchev–Trinajstić information content (AvgIpc) is 3.06. The minimum Gasteiger partial charge on any atom is -0.436 e. The zero-order valence-electron chi connectivity index (χ0n) is 19.9. The summed E-state index contributed by atoms with van der Waals surface area (Å²) in [6.07, 6.45) is -1.15. The van der Waals surface area contributed by atoms with Crippen molar-refractivity contribution in [2.75, 3.05) is 19.6 Å². The monoisotopic (exact) mass is 465 g/mol. The number of rotatable bonds is 7. The summed E-state index contributed by atoms with van der Waals surface area (Å²) in [7, 11) is 0. The molecule has 2 unspecified atom stereocenters. The van der Waals surface area contributed by atoms with Gasteiger partial charge in [0.25, 0.3) is 5.91 Å². The maximum absolute atomic E-state index is 13.4. The van der Waals surface area contributed by atoms with E-state index in [1.165, 1.54) is 9.80 Å². The first-order valence-corrected chi connectivity index (χ1v) is 11.3. The second kappa shape index (κ2) is 8.49. The van der Waals surface area contributed by atoms with E-state index < -0.39 is 47.4 Å². The van der Waals surface area contributed by atoms with Gasteiger partial charge >= 0.3 is 6.09 Å². The fraction of sp³-hybridized carbons (Fsp3) is 0.773. The van der Waals surface area contributed by atoms with E-state index in [0.29, 0.717) is 25.9 Å². The van der Waals surface area contributed by atoms with Crippen molar-refractivity contribution in [3.05, 3.63) is 0 Å². The van der Waals surface area contributed by atoms with Crippen LogP contribution >= 0.6 is 0 Å². The third-order valence-corrected chi connectivity index (χ3v) is 7.24. The van der Waals surface area contributed by atoms with Crippen LogP contribution in [0.25, 0.3) is 0 Å². The number of amides is 5. The summed E-state index contributed by atoms with van der Waals surface area (Å²) in [6, 6.07) is -1.92. The SMILES string of the molecule is CC(C)(C)C(OC(N)=O)C(=O)N1C[C@H]2[C@@H]([C@H]1C(=O)NC(CN1CCCC1=O)C(N)=O)C2(C)C. The van der Waals surface area contributed by atoms with Crippen molar-refractivity contribution in [3.63, 3.8) is 0 Å². The first kappa shape index (κ1) is 24.8. The molecule has 2 aliphatic heterocycles. The van der Waals surface area contributed by atoms with Gasteiger partial charge in [-0.1, -0.05) is 34.6 Å². The Kier molecular flexibility index (Phi) is 6.38. The third-order valence-electron chi connectivity index (χ3n) is 7.24. The highest BCUT2D eigenvalue weighted by molar-refractivity contribution is 5.95. The summed E-state index contributed by atoms with van der Waals surface area (Å²) in [4.78, 5) is 65.2. The lowest BCUT2D eigenvalue weighted by atomic mass is 9.87. The van der Waals surface area contributed by atoms with Gasteiger partial charge in [0.05, 0.1) is 0 Å². The number of nitrogens with zero attached hydrogens (tertiary/aromatic N) is 2. The Hall–Kier alpha value is -2.85. The second-order valence-corrected chi connectivity index (χ2v) is 11.0. The largest absolute Gasteiger partial charge is 0.436 e. The van der Waals surface area contributed by atoms with Crippen molar-refractivity contribution in [2.45, 2.75) is 65.6 Å². The molecule has 184 valence electrons. The van der Waals surface area contributed by atoms with E-state index in [2.05, 4.69) is 5.32 Å². The topological polar surface area (TPSA) is 165 Å². The minimum absolute atomic E-state index is 0.00648. The zero-order chi connectivity index (χ0) is 24.9. The molecule has 3 fully saturated rings. The van der Waals surface area contributed by atoms with Crippen molar-refractivity contribution < 1.29 is 28.7 Å². The predicted molar refractivity (Wildman–Crippen MR) is 117 cm³/mol. The standard InChI is InChI=1S/C22H35N5O6/c1-21(2,3)16(33-20(24)32)19(31)27-9-11-14(22(11,4)5)15(27)18(30)25-12(17(23)29)10-26-8-6-7-13(26)28/h11-12,14-16H,6-10H2,1-5H3,(H2,23,29)(H2,24,32)(H,25,30)/t11-,12?,14-,15-,16?/m0/s1. The summed E-state index contributed by atoms with van der Waals surface area (Å²) >= 11 is 0. The van der Waals surface area contributed by atoms with Crippen LogP contribution in [0, 0.1) is 22.7 Å². The van der Waals surface area contributed by atoms with Gasteiger partial charge in [0.15, 0.2) is 6.10 Å². The predicted octanol–water partition coefficient (Wildman–Crippen LogP) is -0.428. The molecule has 3 rings (SSSR count). The highest BCUT2D eigenvalue weighted by atomic mass is 16.6. The van der Waals surface area contributed by atoms with Gasteiger partial charge in [-0.05, 0) is 23.7 Å². The Morgan fingerprint density at radius 3 is 2.33 bits per heavy atom. The van der Waals surface area contributed by atoms with E-state index in [9.17, 15) is 24.0 Å². The number of hydrogen-bond donors (Lipinski definition) is 3. The molecule has 11 nitrogen and oxygen atoms in total. The lowest BCUT2D eigenvalue weighted by molar-refractivity contribution is -0.152. The van der Waals surface area contributed by atoms with Gasteiger partial charge in [-0.15, -0.1) is 0 Å². The molecule has 5 atom stereocenters. The lowest BCUT2D eigenvalue weighted by Crippen LogP contribution is -2.59. The smallest absolute Gasteiger partial charge is 0.405 e. The van der Waals surface area contributed by atoms with Crippen LogP contribution in [-0.2, 0) is 23.9 Å². The summed E-state index contributed by atoms with van der Waals surface area (Å²) in [5.41, 5.74) is 9.80. The van der Waals surface area contributed by atoms with Gasteiger partial charge in [0, 0.05) is 31.5 Å². The van der Waals surface area contributed by atoms with Gasteiger partial charge in [-0.3, -0.25) is 19.2 Å². The molecular formula is C22H35N5O6. The summed E-state index contributed by atoms with van der Waals surface area (Å²) < 4.78 is 5.14. The molecule has 5 N–H and O–H groups in total. The highest BCUT2D eigenvalue weighted by Gasteiger charge is 2.70. The van der Waals surface area contributed by atoms with E-state index in [1.54, 1.807) is 20.8 Å². The lowest BCUT2D eigenvalue weighted by Gasteiger charge is -2.36. The fourth-order valence-corrected chi connectivity index (χ4v) is 5.26. The molecule has 0 bridgehead atoms. The first-order valence-electron chi connectivity index (χ1n) is 11.3. The van der Waals surface area contributed by atoms with Crippen LogP contribution in [-0.4, -0.2) is 77.3 Å². The Morgan fingerprint density at radius 2 is 1.85 bits per heavy atom. The number of ether oxygens (including phenoxy) is 1. The van der Waals surface area contributed by atoms with Crippen molar-refractivity contribution >= 4 is 29.7 Å². The molecule has 0 spiro atoms. The Labute approximate surface area is 193 Å². The Balaban J connectivity index is 1.81. The molecular weight excluding hydrogens is 430 g/mol. The van der Waals surface area contributed by atoms with Gasteiger partial charge in [-0.2, -0.15) is 0 Å². The van der Waals surface area contributed by atoms with Gasteiger partial charge in [0.1, 0.15) is 12.1 Å². The average molecular weight is 466 g/mol. The number of nitrogens with two attached hydrogens (primary N) is 2. The molecule has 0 aromatic heterocycles. The van der Waals surface area contributed by atoms with Gasteiger partial charge < -0.3 is 31.3 Å². The molecule has 1 saturated carbocycles. The summed E-state index contributed by atoms with van der Waals surface area (Å²) in [5.74, 6) is -1.88. The van der Waals surface area contributed by atoms with Crippen molar-refractivity contribution in [1.82, 2.24) is 15.1 Å². The second-order valence-electron chi connectivity index (χ2n) is 11.0. The van der Waals surface area contributed by atoms with Crippen molar-refractivity contribution in [1.29, 1.82) is 0 Å². The van der Waals surface area contributed by atoms with E-state index in [0.717, 1.165) is 0 Å². The van der Waals surface area contributed by atoms with Gasteiger partial charge in [-0.25, -0.2) is 4.79 Å². The molecule has 0 radical (unpaired) electrons. The summed E-state index contributed by atoms with van der Waals surface area (Å²) in [5, 5.41) is 2.67. The quantitative estimate of drug-likeness (QED) is 0.461. The van der Waals surface area contributed by atoms with E-state index >= 15 is 0 Å². The molecule has 33 heavy (non-hydrogen) atoms. The van der Waals surface area contributed by atoms with Crippen molar-refractivity contribution in [2.24, 2.45) is 34.1 Å². The van der Waals surface area contributed by atoms with Crippen LogP contribution in [0.1, 0.15) is 47.5 Å². The zero-order valence-corrected chi connectivity index (χ0v) is 19.9. The van der Waals surface area contributed by atoms with Crippen molar-refractivity contribution in [3.8, 4) is 0 Å². The number of fused-ring (bicyclic) bond motifs is 1. The molecule has 5 amide bonds. The van der Waals surface area contributed by atoms with Crippen LogP contribution in [0.15, 0.2) is 0 Å². The minimum atomic E-state index is -1.17. The van der Waals surface area contributed by atoms with Crippen LogP contribution in [0.4, 0.5) is 4.79 Å². The highest BCUT2D eigenvalue weighted by Crippen LogP contribution is 2.65. The maximum Gasteiger partial charge on any atom is 0.405 e. The fourth-order valence-electron chi connectivity index (χ4n) is 5.26. The Morgan fingerprint density at radius 1 is 1.21 bits per heavy atom. The number of carbonyl (C=O) groups excluding carboxylic acids is 5. The molecule has 11 heteroatoms. The Bertz CT molecular complexity index is 866. The van der Waals surface area contributed by atoms with Crippen LogP contribution in [0.2, 0.25) is 0 Å². The molecule has 0 aromatic rings. The maximum atomic E-state index is 13.4. The van der Waals surface area contributed by atoms with Crippen LogP contribution in [0.5, 0.6) is 0 Å². The van der Waals surface area contributed by atoms with Gasteiger partial charge in [0.2, 0.25) is 17.7 Å². The van der Waals surface area contributed by atoms with E-state index in [1.807, 2.05) is 13.8 Å². The number of carbonyl (C=O) groups is 5. The van der Waals surface area contributed by atoms with Crippen LogP contribution < -0.4 is 16.8 Å². The number of piperidine rings is 1. The van der Waals surface area contributed by atoms with Crippen LogP contribution in [0.3, 0.4) is 0 Å². The first-order chi connectivity index (χ1) is 15.2.